The summed E-state index contributed by atoms with van der Waals surface area (Å²) in [6, 6.07) is 18.4. The number of amides is 1. The minimum absolute atomic E-state index is 0.0652. The van der Waals surface area contributed by atoms with E-state index in [4.69, 9.17) is 14.7 Å². The Bertz CT molecular complexity index is 1040. The molecule has 0 spiro atoms. The minimum atomic E-state index is 0.0652. The monoisotopic (exact) mass is 447 g/mol. The molecule has 7 heteroatoms. The molecule has 0 unspecified atom stereocenters. The van der Waals surface area contributed by atoms with Crippen LogP contribution in [0.2, 0.25) is 0 Å². The van der Waals surface area contributed by atoms with Crippen LogP contribution in [0.5, 0.6) is 0 Å². The van der Waals surface area contributed by atoms with Gasteiger partial charge in [0.1, 0.15) is 11.6 Å². The standard InChI is InChI=1S/C26H33N5O2/c1-2-24-28-23-11-7-6-10-22(23)26(29-24)31(20-21-8-4-3-5-9-21)14-12-25(32)27-13-15-30-16-18-33-19-17-30/h3-11H,2,12-20H2,1H3,(H,27,32). The van der Waals surface area contributed by atoms with Crippen molar-refractivity contribution in [1.82, 2.24) is 20.2 Å². The van der Waals surface area contributed by atoms with Crippen molar-refractivity contribution in [1.29, 1.82) is 0 Å². The summed E-state index contributed by atoms with van der Waals surface area (Å²) in [4.78, 5) is 26.8. The van der Waals surface area contributed by atoms with Crippen LogP contribution in [0, 0.1) is 0 Å². The number of carbonyl (C=O) groups is 1. The van der Waals surface area contributed by atoms with E-state index in [1.807, 2.05) is 36.4 Å². The predicted molar refractivity (Wildman–Crippen MR) is 131 cm³/mol. The lowest BCUT2D eigenvalue weighted by Crippen LogP contribution is -2.41. The summed E-state index contributed by atoms with van der Waals surface area (Å²) < 4.78 is 5.38. The fourth-order valence-corrected chi connectivity index (χ4v) is 4.07. The number of morpholine rings is 1. The lowest BCUT2D eigenvalue weighted by molar-refractivity contribution is -0.121. The normalized spacial score (nSPS) is 14.3. The number of ether oxygens (including phenoxy) is 1. The van der Waals surface area contributed by atoms with Gasteiger partial charge in [-0.1, -0.05) is 49.4 Å². The maximum atomic E-state index is 12.6. The third-order valence-corrected chi connectivity index (χ3v) is 5.92. The molecule has 174 valence electrons. The summed E-state index contributed by atoms with van der Waals surface area (Å²) in [6.45, 7) is 8.27. The zero-order valence-electron chi connectivity index (χ0n) is 19.4. The first-order chi connectivity index (χ1) is 16.2. The second-order valence-corrected chi connectivity index (χ2v) is 8.30. The molecule has 0 aliphatic carbocycles. The molecular formula is C26H33N5O2. The van der Waals surface area contributed by atoms with Crippen molar-refractivity contribution < 1.29 is 9.53 Å². The molecular weight excluding hydrogens is 414 g/mol. The van der Waals surface area contributed by atoms with E-state index in [0.29, 0.717) is 26.1 Å². The molecule has 1 fully saturated rings. The van der Waals surface area contributed by atoms with E-state index in [1.165, 1.54) is 5.56 Å². The average Bonchev–Trinajstić information content (AvgIpc) is 2.87. The highest BCUT2D eigenvalue weighted by Crippen LogP contribution is 2.26. The highest BCUT2D eigenvalue weighted by atomic mass is 16.5. The molecule has 1 aliphatic rings. The van der Waals surface area contributed by atoms with Gasteiger partial charge in [0.25, 0.3) is 0 Å². The Morgan fingerprint density at radius 1 is 1.06 bits per heavy atom. The van der Waals surface area contributed by atoms with Crippen molar-refractivity contribution in [2.24, 2.45) is 0 Å². The molecule has 0 radical (unpaired) electrons. The Kier molecular flexibility index (Phi) is 8.22. The predicted octanol–water partition coefficient (Wildman–Crippen LogP) is 3.04. The molecule has 1 saturated heterocycles. The smallest absolute Gasteiger partial charge is 0.221 e. The molecule has 4 rings (SSSR count). The summed E-state index contributed by atoms with van der Waals surface area (Å²) >= 11 is 0. The van der Waals surface area contributed by atoms with Crippen molar-refractivity contribution in [3.63, 3.8) is 0 Å². The number of para-hydroxylation sites is 1. The van der Waals surface area contributed by atoms with Gasteiger partial charge in [0.2, 0.25) is 5.91 Å². The maximum absolute atomic E-state index is 12.6. The Balaban J connectivity index is 1.46. The summed E-state index contributed by atoms with van der Waals surface area (Å²) in [5, 5.41) is 4.09. The lowest BCUT2D eigenvalue weighted by Gasteiger charge is -2.27. The van der Waals surface area contributed by atoms with Crippen LogP contribution in [0.3, 0.4) is 0 Å². The van der Waals surface area contributed by atoms with Crippen LogP contribution in [0.1, 0.15) is 24.7 Å². The van der Waals surface area contributed by atoms with Crippen LogP contribution >= 0.6 is 0 Å². The Morgan fingerprint density at radius 2 is 1.82 bits per heavy atom. The van der Waals surface area contributed by atoms with E-state index >= 15 is 0 Å². The molecule has 33 heavy (non-hydrogen) atoms. The first kappa shape index (κ1) is 23.1. The second-order valence-electron chi connectivity index (χ2n) is 8.30. The van der Waals surface area contributed by atoms with Crippen LogP contribution in [0.15, 0.2) is 54.6 Å². The lowest BCUT2D eigenvalue weighted by atomic mass is 10.1. The number of aryl methyl sites for hydroxylation is 1. The van der Waals surface area contributed by atoms with Crippen LogP contribution in [0.4, 0.5) is 5.82 Å². The van der Waals surface area contributed by atoms with Gasteiger partial charge in [0.15, 0.2) is 0 Å². The molecule has 1 aromatic heterocycles. The van der Waals surface area contributed by atoms with Gasteiger partial charge in [0, 0.05) is 57.5 Å². The molecule has 3 aromatic rings. The first-order valence-corrected chi connectivity index (χ1v) is 11.8. The van der Waals surface area contributed by atoms with Crippen LogP contribution in [-0.2, 0) is 22.5 Å². The van der Waals surface area contributed by atoms with Gasteiger partial charge in [-0.2, -0.15) is 0 Å². The van der Waals surface area contributed by atoms with E-state index in [9.17, 15) is 4.79 Å². The van der Waals surface area contributed by atoms with Crippen molar-refractivity contribution in [2.45, 2.75) is 26.3 Å². The summed E-state index contributed by atoms with van der Waals surface area (Å²) in [6.07, 6.45) is 1.18. The third kappa shape index (κ3) is 6.49. The average molecular weight is 448 g/mol. The van der Waals surface area contributed by atoms with Crippen molar-refractivity contribution in [3.05, 3.63) is 66.0 Å². The number of hydrogen-bond donors (Lipinski definition) is 1. The molecule has 7 nitrogen and oxygen atoms in total. The van der Waals surface area contributed by atoms with E-state index in [1.54, 1.807) is 0 Å². The van der Waals surface area contributed by atoms with Gasteiger partial charge in [0.05, 0.1) is 18.7 Å². The summed E-state index contributed by atoms with van der Waals surface area (Å²) in [5.41, 5.74) is 2.12. The van der Waals surface area contributed by atoms with Crippen molar-refractivity contribution in [2.75, 3.05) is 50.8 Å². The largest absolute Gasteiger partial charge is 0.379 e. The second kappa shape index (κ2) is 11.7. The number of nitrogens with one attached hydrogen (secondary N) is 1. The van der Waals surface area contributed by atoms with E-state index < -0.39 is 0 Å². The fraction of sp³-hybridized carbons (Fsp3) is 0.423. The van der Waals surface area contributed by atoms with Crippen LogP contribution < -0.4 is 10.2 Å². The topological polar surface area (TPSA) is 70.6 Å². The van der Waals surface area contributed by atoms with Crippen LogP contribution in [0.25, 0.3) is 10.9 Å². The highest BCUT2D eigenvalue weighted by Gasteiger charge is 2.17. The Morgan fingerprint density at radius 3 is 2.61 bits per heavy atom. The highest BCUT2D eigenvalue weighted by molar-refractivity contribution is 5.89. The number of benzene rings is 2. The molecule has 2 heterocycles. The number of fused-ring (bicyclic) bond motifs is 1. The Hall–Kier alpha value is -3.03. The number of anilines is 1. The molecule has 0 bridgehead atoms. The number of carbonyl (C=O) groups excluding carboxylic acids is 1. The number of hydrogen-bond acceptors (Lipinski definition) is 6. The summed E-state index contributed by atoms with van der Waals surface area (Å²) in [7, 11) is 0. The zero-order valence-corrected chi connectivity index (χ0v) is 19.4. The number of rotatable bonds is 10. The number of aromatic nitrogens is 2. The molecule has 1 N–H and O–H groups in total. The SMILES string of the molecule is CCc1nc(N(CCC(=O)NCCN2CCOCC2)Cc2ccccc2)c2ccccc2n1. The molecule has 1 amide bonds. The number of nitrogens with zero attached hydrogens (tertiary/aromatic N) is 4. The van der Waals surface area contributed by atoms with Crippen molar-refractivity contribution in [3.8, 4) is 0 Å². The maximum Gasteiger partial charge on any atom is 0.221 e. The van der Waals surface area contributed by atoms with Gasteiger partial charge < -0.3 is 15.0 Å². The quantitative estimate of drug-likeness (QED) is 0.515. The molecule has 2 aromatic carbocycles. The van der Waals surface area contributed by atoms with E-state index in [0.717, 1.165) is 61.8 Å². The van der Waals surface area contributed by atoms with Gasteiger partial charge in [-0.3, -0.25) is 9.69 Å². The zero-order chi connectivity index (χ0) is 22.9. The molecule has 0 saturated carbocycles. The van der Waals surface area contributed by atoms with E-state index in [-0.39, 0.29) is 5.91 Å². The van der Waals surface area contributed by atoms with Crippen LogP contribution in [-0.4, -0.2) is 66.7 Å². The van der Waals surface area contributed by atoms with Gasteiger partial charge >= 0.3 is 0 Å². The first-order valence-electron chi connectivity index (χ1n) is 11.8. The molecule has 1 aliphatic heterocycles. The van der Waals surface area contributed by atoms with E-state index in [2.05, 4.69) is 40.2 Å². The Labute approximate surface area is 195 Å². The minimum Gasteiger partial charge on any atom is -0.379 e. The van der Waals surface area contributed by atoms with Gasteiger partial charge in [-0.05, 0) is 17.7 Å². The third-order valence-electron chi connectivity index (χ3n) is 5.92. The molecule has 0 atom stereocenters. The van der Waals surface area contributed by atoms with Gasteiger partial charge in [-0.15, -0.1) is 0 Å². The van der Waals surface area contributed by atoms with Crippen molar-refractivity contribution >= 4 is 22.6 Å². The van der Waals surface area contributed by atoms with Gasteiger partial charge in [-0.25, -0.2) is 9.97 Å². The fourth-order valence-electron chi connectivity index (χ4n) is 4.07. The summed E-state index contributed by atoms with van der Waals surface area (Å²) in [5.74, 6) is 1.77.